The lowest BCUT2D eigenvalue weighted by molar-refractivity contribution is 0.0527. The van der Waals surface area contributed by atoms with Crippen LogP contribution in [0.5, 0.6) is 5.75 Å². The maximum Gasteiger partial charge on any atom is 0.407 e. The van der Waals surface area contributed by atoms with Crippen molar-refractivity contribution < 1.29 is 14.3 Å². The van der Waals surface area contributed by atoms with Crippen LogP contribution in [0, 0.1) is 0 Å². The molecule has 0 bridgehead atoms. The first kappa shape index (κ1) is 22.6. The highest BCUT2D eigenvalue weighted by atomic mass is 16.6. The maximum absolute atomic E-state index is 11.6. The van der Waals surface area contributed by atoms with Gasteiger partial charge in [-0.2, -0.15) is 0 Å². The molecule has 0 aliphatic carbocycles. The van der Waals surface area contributed by atoms with Crippen LogP contribution in [0.25, 0.3) is 0 Å². The highest BCUT2D eigenvalue weighted by Crippen LogP contribution is 2.30. The molecular formula is C21H35N5O3. The standard InChI is InChI=1S/C21H35N5O3/c1-21(2,3)29-20(27)24-13-8-12-23-19(22-4)25-16-11-14-26(15-16)17-9-6-7-10-18(17)28-5/h6-7,9-10,16H,8,11-15H2,1-5H3,(H,24,27)(H2,22,23,25). The molecule has 2 rings (SSSR count). The smallest absolute Gasteiger partial charge is 0.407 e. The van der Waals surface area contributed by atoms with E-state index in [0.717, 1.165) is 43.3 Å². The number of guanidine groups is 1. The second-order valence-electron chi connectivity index (χ2n) is 8.03. The van der Waals surface area contributed by atoms with Gasteiger partial charge in [-0.05, 0) is 45.7 Å². The molecule has 1 atom stereocenters. The lowest BCUT2D eigenvalue weighted by Gasteiger charge is -2.22. The Morgan fingerprint density at radius 2 is 1.97 bits per heavy atom. The van der Waals surface area contributed by atoms with E-state index in [2.05, 4.69) is 31.9 Å². The van der Waals surface area contributed by atoms with Crippen molar-refractivity contribution in [1.29, 1.82) is 0 Å². The highest BCUT2D eigenvalue weighted by molar-refractivity contribution is 5.80. The first-order valence-electron chi connectivity index (χ1n) is 10.1. The van der Waals surface area contributed by atoms with E-state index < -0.39 is 5.60 Å². The van der Waals surface area contributed by atoms with Crippen LogP contribution in [0.1, 0.15) is 33.6 Å². The number of ether oxygens (including phenoxy) is 2. The van der Waals surface area contributed by atoms with Crippen molar-refractivity contribution in [3.63, 3.8) is 0 Å². The van der Waals surface area contributed by atoms with Gasteiger partial charge in [-0.1, -0.05) is 12.1 Å². The Labute approximate surface area is 174 Å². The van der Waals surface area contributed by atoms with Crippen molar-refractivity contribution in [2.75, 3.05) is 45.2 Å². The summed E-state index contributed by atoms with van der Waals surface area (Å²) in [4.78, 5) is 18.3. The van der Waals surface area contributed by atoms with E-state index >= 15 is 0 Å². The van der Waals surface area contributed by atoms with Crippen LogP contribution in [0.3, 0.4) is 0 Å². The van der Waals surface area contributed by atoms with Gasteiger partial charge in [-0.15, -0.1) is 0 Å². The molecular weight excluding hydrogens is 370 g/mol. The normalized spacial score (nSPS) is 17.1. The molecule has 1 heterocycles. The lowest BCUT2D eigenvalue weighted by atomic mass is 10.2. The number of nitrogens with zero attached hydrogens (tertiary/aromatic N) is 2. The molecule has 0 radical (unpaired) electrons. The number of nitrogens with one attached hydrogen (secondary N) is 3. The molecule has 1 fully saturated rings. The number of hydrogen-bond acceptors (Lipinski definition) is 5. The van der Waals surface area contributed by atoms with E-state index in [4.69, 9.17) is 9.47 Å². The first-order valence-corrected chi connectivity index (χ1v) is 10.1. The van der Waals surface area contributed by atoms with Crippen molar-refractivity contribution in [3.8, 4) is 5.75 Å². The molecule has 8 nitrogen and oxygen atoms in total. The van der Waals surface area contributed by atoms with Gasteiger partial charge in [0.2, 0.25) is 0 Å². The number of alkyl carbamates (subject to hydrolysis) is 1. The fraction of sp³-hybridized carbons (Fsp3) is 0.619. The Morgan fingerprint density at radius 1 is 1.24 bits per heavy atom. The summed E-state index contributed by atoms with van der Waals surface area (Å²) >= 11 is 0. The Hall–Kier alpha value is -2.64. The van der Waals surface area contributed by atoms with Gasteiger partial charge in [0.15, 0.2) is 5.96 Å². The van der Waals surface area contributed by atoms with E-state index in [0.29, 0.717) is 19.1 Å². The van der Waals surface area contributed by atoms with Gasteiger partial charge >= 0.3 is 6.09 Å². The number of aliphatic imine (C=N–C) groups is 1. The molecule has 3 N–H and O–H groups in total. The number of hydrogen-bond donors (Lipinski definition) is 3. The average molecular weight is 406 g/mol. The number of carbonyl (C=O) groups excluding carboxylic acids is 1. The predicted molar refractivity (Wildman–Crippen MR) is 117 cm³/mol. The Balaban J connectivity index is 1.69. The van der Waals surface area contributed by atoms with Gasteiger partial charge < -0.3 is 30.3 Å². The number of amides is 1. The minimum Gasteiger partial charge on any atom is -0.495 e. The zero-order valence-electron chi connectivity index (χ0n) is 18.2. The third-order valence-corrected chi connectivity index (χ3v) is 4.49. The van der Waals surface area contributed by atoms with Crippen molar-refractivity contribution in [3.05, 3.63) is 24.3 Å². The Kier molecular flexibility index (Phi) is 8.42. The lowest BCUT2D eigenvalue weighted by Crippen LogP contribution is -2.45. The molecule has 29 heavy (non-hydrogen) atoms. The molecule has 1 unspecified atom stereocenters. The van der Waals surface area contributed by atoms with Crippen LogP contribution in [0.2, 0.25) is 0 Å². The Bertz CT molecular complexity index is 687. The highest BCUT2D eigenvalue weighted by Gasteiger charge is 2.25. The number of carbonyl (C=O) groups is 1. The van der Waals surface area contributed by atoms with E-state index in [-0.39, 0.29) is 6.09 Å². The molecule has 0 aromatic heterocycles. The fourth-order valence-electron chi connectivity index (χ4n) is 3.18. The van der Waals surface area contributed by atoms with Crippen LogP contribution in [-0.4, -0.2) is 64.0 Å². The SMILES string of the molecule is CN=C(NCCCNC(=O)OC(C)(C)C)NC1CCN(c2ccccc2OC)C1. The molecule has 1 aliphatic heterocycles. The third kappa shape index (κ3) is 7.71. The maximum atomic E-state index is 11.6. The average Bonchev–Trinajstić information content (AvgIpc) is 3.13. The zero-order valence-corrected chi connectivity index (χ0v) is 18.2. The van der Waals surface area contributed by atoms with Crippen LogP contribution in [0.15, 0.2) is 29.3 Å². The largest absolute Gasteiger partial charge is 0.495 e. The summed E-state index contributed by atoms with van der Waals surface area (Å²) in [6.45, 7) is 8.66. The molecule has 1 aromatic carbocycles. The molecule has 1 saturated heterocycles. The first-order chi connectivity index (χ1) is 13.8. The number of rotatable bonds is 7. The van der Waals surface area contributed by atoms with Crippen molar-refractivity contribution in [2.24, 2.45) is 4.99 Å². The quantitative estimate of drug-likeness (QED) is 0.367. The summed E-state index contributed by atoms with van der Waals surface area (Å²) < 4.78 is 10.7. The van der Waals surface area contributed by atoms with Crippen molar-refractivity contribution in [1.82, 2.24) is 16.0 Å². The van der Waals surface area contributed by atoms with Gasteiger partial charge in [0.05, 0.1) is 12.8 Å². The summed E-state index contributed by atoms with van der Waals surface area (Å²) in [7, 11) is 3.47. The van der Waals surface area contributed by atoms with Crippen LogP contribution < -0.4 is 25.6 Å². The zero-order chi connectivity index (χ0) is 21.3. The van der Waals surface area contributed by atoms with Gasteiger partial charge in [0.25, 0.3) is 0 Å². The van der Waals surface area contributed by atoms with Crippen LogP contribution in [-0.2, 0) is 4.74 Å². The molecule has 1 aliphatic rings. The van der Waals surface area contributed by atoms with Crippen LogP contribution in [0.4, 0.5) is 10.5 Å². The van der Waals surface area contributed by atoms with Crippen LogP contribution >= 0.6 is 0 Å². The van der Waals surface area contributed by atoms with Crippen molar-refractivity contribution in [2.45, 2.75) is 45.3 Å². The van der Waals surface area contributed by atoms with Gasteiger partial charge in [-0.25, -0.2) is 4.79 Å². The fourth-order valence-corrected chi connectivity index (χ4v) is 3.18. The van der Waals surface area contributed by atoms with Crippen molar-refractivity contribution >= 4 is 17.7 Å². The molecule has 1 aromatic rings. The molecule has 0 spiro atoms. The summed E-state index contributed by atoms with van der Waals surface area (Å²) in [6.07, 6.45) is 1.42. The number of benzene rings is 1. The van der Waals surface area contributed by atoms with E-state index in [1.54, 1.807) is 14.2 Å². The number of para-hydroxylation sites is 2. The van der Waals surface area contributed by atoms with E-state index in [9.17, 15) is 4.79 Å². The second kappa shape index (κ2) is 10.8. The molecule has 0 saturated carbocycles. The van der Waals surface area contributed by atoms with E-state index in [1.807, 2.05) is 39.0 Å². The topological polar surface area (TPSA) is 87.2 Å². The predicted octanol–water partition coefficient (Wildman–Crippen LogP) is 2.35. The van der Waals surface area contributed by atoms with E-state index in [1.165, 1.54) is 0 Å². The molecule has 1 amide bonds. The number of anilines is 1. The molecule has 162 valence electrons. The minimum atomic E-state index is -0.479. The Morgan fingerprint density at radius 3 is 2.66 bits per heavy atom. The number of methoxy groups -OCH3 is 1. The van der Waals surface area contributed by atoms with Gasteiger partial charge in [0.1, 0.15) is 11.4 Å². The molecule has 8 heteroatoms. The van der Waals surface area contributed by atoms with Gasteiger partial charge in [-0.3, -0.25) is 4.99 Å². The monoisotopic (exact) mass is 405 g/mol. The minimum absolute atomic E-state index is 0.311. The summed E-state index contributed by atoms with van der Waals surface area (Å²) in [5, 5.41) is 9.54. The summed E-state index contributed by atoms with van der Waals surface area (Å²) in [5.41, 5.74) is 0.642. The third-order valence-electron chi connectivity index (χ3n) is 4.49. The second-order valence-corrected chi connectivity index (χ2v) is 8.03. The summed E-state index contributed by atoms with van der Waals surface area (Å²) in [6, 6.07) is 8.40. The van der Waals surface area contributed by atoms with Gasteiger partial charge in [0, 0.05) is 39.3 Å². The summed E-state index contributed by atoms with van der Waals surface area (Å²) in [5.74, 6) is 1.67.